The molecule has 3 N–H and O–H groups in total. The first-order chi connectivity index (χ1) is 20.1. The number of nitrogens with two attached hydrogens (primary N) is 1. The zero-order chi connectivity index (χ0) is 29.9. The molecule has 0 bridgehead atoms. The molecule has 0 aliphatic carbocycles. The zero-order valence-corrected chi connectivity index (χ0v) is 24.5. The number of benzene rings is 5. The Bertz CT molecular complexity index is 1710. The first kappa shape index (κ1) is 28.9. The Kier molecular flexibility index (Phi) is 8.32. The Balaban J connectivity index is 1.55. The second-order valence-electron chi connectivity index (χ2n) is 11.2. The van der Waals surface area contributed by atoms with Crippen molar-refractivity contribution in [3.63, 3.8) is 0 Å². The molecule has 0 aliphatic heterocycles. The van der Waals surface area contributed by atoms with Crippen LogP contribution in [0.25, 0.3) is 22.3 Å². The number of hydrogen-bond acceptors (Lipinski definition) is 3. The molecule has 0 aliphatic rings. The number of carbonyl (C=O) groups is 1. The van der Waals surface area contributed by atoms with E-state index in [4.69, 9.17) is 22.1 Å². The van der Waals surface area contributed by atoms with Crippen LogP contribution in [-0.4, -0.2) is 5.91 Å². The molecule has 42 heavy (non-hydrogen) atoms. The van der Waals surface area contributed by atoms with Gasteiger partial charge in [0.1, 0.15) is 17.3 Å². The highest BCUT2D eigenvalue weighted by Gasteiger charge is 2.19. The van der Waals surface area contributed by atoms with Crippen molar-refractivity contribution in [3.8, 4) is 33.8 Å². The van der Waals surface area contributed by atoms with E-state index in [1.54, 1.807) is 12.1 Å². The summed E-state index contributed by atoms with van der Waals surface area (Å²) < 4.78 is 20.1. The highest BCUT2D eigenvalue weighted by atomic mass is 35.5. The number of hydrogen-bond donors (Lipinski definition) is 2. The summed E-state index contributed by atoms with van der Waals surface area (Å²) in [6, 6.07) is 34.1. The minimum Gasteiger partial charge on any atom is -0.457 e. The topological polar surface area (TPSA) is 64.3 Å². The van der Waals surface area contributed by atoms with Crippen molar-refractivity contribution in [1.82, 2.24) is 0 Å². The van der Waals surface area contributed by atoms with Crippen molar-refractivity contribution >= 4 is 23.2 Å². The van der Waals surface area contributed by atoms with E-state index in [0.717, 1.165) is 27.8 Å². The van der Waals surface area contributed by atoms with E-state index < -0.39 is 11.7 Å². The third kappa shape index (κ3) is 6.64. The van der Waals surface area contributed by atoms with Gasteiger partial charge in [-0.15, -0.1) is 0 Å². The van der Waals surface area contributed by atoms with E-state index in [1.165, 1.54) is 17.7 Å². The predicted octanol–water partition coefficient (Wildman–Crippen LogP) is 9.61. The lowest BCUT2D eigenvalue weighted by Crippen LogP contribution is -2.16. The van der Waals surface area contributed by atoms with Crippen LogP contribution < -0.4 is 15.8 Å². The highest BCUT2D eigenvalue weighted by molar-refractivity contribution is 6.30. The highest BCUT2D eigenvalue weighted by Crippen LogP contribution is 2.38. The average Bonchev–Trinajstić information content (AvgIpc) is 2.98. The predicted molar refractivity (Wildman–Crippen MR) is 170 cm³/mol. The molecule has 0 heterocycles. The molecule has 1 amide bonds. The van der Waals surface area contributed by atoms with Gasteiger partial charge in [0.05, 0.1) is 16.3 Å². The first-order valence-electron chi connectivity index (χ1n) is 13.7. The van der Waals surface area contributed by atoms with Gasteiger partial charge >= 0.3 is 0 Å². The van der Waals surface area contributed by atoms with Crippen molar-refractivity contribution in [1.29, 1.82) is 0 Å². The number of halogens is 2. The number of anilines is 1. The van der Waals surface area contributed by atoms with E-state index in [2.05, 4.69) is 62.5 Å². The fourth-order valence-electron chi connectivity index (χ4n) is 4.75. The van der Waals surface area contributed by atoms with Crippen molar-refractivity contribution < 1.29 is 13.9 Å². The van der Waals surface area contributed by atoms with E-state index in [9.17, 15) is 9.18 Å². The molecule has 6 heteroatoms. The monoisotopic (exact) mass is 578 g/mol. The summed E-state index contributed by atoms with van der Waals surface area (Å²) in [6.07, 6.45) is 0. The number of carbonyl (C=O) groups excluding carboxylic acids is 1. The van der Waals surface area contributed by atoms with Gasteiger partial charge in [0, 0.05) is 18.2 Å². The molecule has 0 radical (unpaired) electrons. The smallest absolute Gasteiger partial charge is 0.250 e. The van der Waals surface area contributed by atoms with Crippen LogP contribution in [0.4, 0.5) is 10.1 Å². The lowest BCUT2D eigenvalue weighted by atomic mass is 9.87. The summed E-state index contributed by atoms with van der Waals surface area (Å²) >= 11 is 5.85. The summed E-state index contributed by atoms with van der Waals surface area (Å²) in [7, 11) is 0. The Morgan fingerprint density at radius 3 is 2.07 bits per heavy atom. The third-order valence-corrected chi connectivity index (χ3v) is 7.40. The molecule has 5 rings (SSSR count). The maximum Gasteiger partial charge on any atom is 0.250 e. The van der Waals surface area contributed by atoms with E-state index in [-0.39, 0.29) is 21.8 Å². The van der Waals surface area contributed by atoms with E-state index in [1.807, 2.05) is 48.5 Å². The Morgan fingerprint density at radius 2 is 1.45 bits per heavy atom. The van der Waals surface area contributed by atoms with Gasteiger partial charge in [0.15, 0.2) is 0 Å². The van der Waals surface area contributed by atoms with Gasteiger partial charge in [0.2, 0.25) is 0 Å². The van der Waals surface area contributed by atoms with Crippen LogP contribution in [0.1, 0.15) is 42.3 Å². The molecule has 0 atom stereocenters. The number of rotatable bonds is 8. The Hall–Kier alpha value is -4.61. The van der Waals surface area contributed by atoms with Gasteiger partial charge in [-0.25, -0.2) is 4.39 Å². The summed E-state index contributed by atoms with van der Waals surface area (Å²) in [5.74, 6) is -0.627. The minimum atomic E-state index is -0.615. The van der Waals surface area contributed by atoms with Gasteiger partial charge in [-0.2, -0.15) is 0 Å². The number of ether oxygens (including phenoxy) is 1. The number of nitrogens with one attached hydrogen (secondary N) is 1. The molecule has 0 fully saturated rings. The lowest BCUT2D eigenvalue weighted by Gasteiger charge is -2.20. The molecule has 0 aromatic heterocycles. The van der Waals surface area contributed by atoms with Crippen LogP contribution in [0.5, 0.6) is 11.5 Å². The van der Waals surface area contributed by atoms with Crippen LogP contribution in [0, 0.1) is 5.82 Å². The van der Waals surface area contributed by atoms with Crippen molar-refractivity contribution in [2.75, 3.05) is 5.32 Å². The molecule has 0 unspecified atom stereocenters. The van der Waals surface area contributed by atoms with Gasteiger partial charge in [-0.3, -0.25) is 4.79 Å². The third-order valence-electron chi connectivity index (χ3n) is 7.10. The second kappa shape index (κ2) is 12.1. The molecule has 0 saturated heterocycles. The summed E-state index contributed by atoms with van der Waals surface area (Å²) in [6.45, 7) is 7.01. The molecular formula is C36H32ClFN2O2. The quantitative estimate of drug-likeness (QED) is 0.193. The van der Waals surface area contributed by atoms with Gasteiger partial charge < -0.3 is 15.8 Å². The average molecular weight is 579 g/mol. The zero-order valence-electron chi connectivity index (χ0n) is 23.7. The normalized spacial score (nSPS) is 11.3. The maximum atomic E-state index is 14.1. The second-order valence-corrected chi connectivity index (χ2v) is 11.6. The molecule has 4 nitrogen and oxygen atoms in total. The van der Waals surface area contributed by atoms with Crippen LogP contribution in [0.2, 0.25) is 5.02 Å². The molecule has 0 spiro atoms. The van der Waals surface area contributed by atoms with Gasteiger partial charge in [0.25, 0.3) is 5.91 Å². The first-order valence-corrected chi connectivity index (χ1v) is 14.1. The van der Waals surface area contributed by atoms with Crippen LogP contribution in [-0.2, 0) is 12.0 Å². The van der Waals surface area contributed by atoms with Crippen LogP contribution >= 0.6 is 11.6 Å². The number of amides is 1. The summed E-state index contributed by atoms with van der Waals surface area (Å²) in [5, 5.41) is 3.45. The molecule has 5 aromatic rings. The van der Waals surface area contributed by atoms with E-state index in [0.29, 0.717) is 18.0 Å². The largest absolute Gasteiger partial charge is 0.457 e. The molecule has 5 aromatic carbocycles. The maximum absolute atomic E-state index is 14.1. The number of primary amides is 1. The molecule has 212 valence electrons. The van der Waals surface area contributed by atoms with Crippen LogP contribution in [0.3, 0.4) is 0 Å². The Morgan fingerprint density at radius 1 is 0.810 bits per heavy atom. The van der Waals surface area contributed by atoms with Crippen molar-refractivity contribution in [2.24, 2.45) is 5.73 Å². The fourth-order valence-corrected chi connectivity index (χ4v) is 4.87. The minimum absolute atomic E-state index is 0.00514. The SMILES string of the molecule is CC(C)(C)c1ccc(CNc2c(C(N)=O)cc(Oc3ccc(Cl)c(F)c3)cc2-c2ccc(-c3ccccc3)cc2)cc1. The van der Waals surface area contributed by atoms with Crippen molar-refractivity contribution in [2.45, 2.75) is 32.7 Å². The summed E-state index contributed by atoms with van der Waals surface area (Å²) in [5.41, 5.74) is 12.8. The standard InChI is InChI=1S/C36H32ClFN2O2/c1-36(2,3)27-15-9-23(10-16-27)22-40-34-30(26-13-11-25(12-14-26)24-7-5-4-6-8-24)19-29(20-31(34)35(39)41)42-28-17-18-32(37)33(38)21-28/h4-21,40H,22H2,1-3H3,(H2,39,41). The van der Waals surface area contributed by atoms with E-state index >= 15 is 0 Å². The molecular weight excluding hydrogens is 547 g/mol. The lowest BCUT2D eigenvalue weighted by molar-refractivity contribution is 0.100. The molecule has 0 saturated carbocycles. The summed E-state index contributed by atoms with van der Waals surface area (Å²) in [4.78, 5) is 12.8. The Labute approximate surface area is 250 Å². The van der Waals surface area contributed by atoms with Crippen molar-refractivity contribution in [3.05, 3.63) is 137 Å². The fraction of sp³-hybridized carbons (Fsp3) is 0.139. The van der Waals surface area contributed by atoms with Crippen LogP contribution in [0.15, 0.2) is 109 Å². The van der Waals surface area contributed by atoms with Gasteiger partial charge in [-0.1, -0.05) is 111 Å². The van der Waals surface area contributed by atoms with Gasteiger partial charge in [-0.05, 0) is 57.5 Å².